The maximum absolute atomic E-state index is 11.9. The summed E-state index contributed by atoms with van der Waals surface area (Å²) < 4.78 is 28.4. The van der Waals surface area contributed by atoms with Gasteiger partial charge in [-0.05, 0) is 35.9 Å². The largest absolute Gasteiger partial charge is 0.423 e. The van der Waals surface area contributed by atoms with Gasteiger partial charge >= 0.3 is 5.63 Å². The lowest BCUT2D eigenvalue weighted by Crippen LogP contribution is -1.97. The molecule has 0 aliphatic carbocycles. The number of para-hydroxylation sites is 1. The Bertz CT molecular complexity index is 1260. The zero-order valence-electron chi connectivity index (χ0n) is 13.8. The first-order valence-electron chi connectivity index (χ1n) is 7.85. The number of rotatable bonds is 3. The number of fused-ring (bicyclic) bond motifs is 1. The Labute approximate surface area is 154 Å². The monoisotopic (exact) mass is 382 g/mol. The molecule has 0 amide bonds. The molecule has 0 unspecified atom stereocenters. The minimum Gasteiger partial charge on any atom is -0.423 e. The van der Waals surface area contributed by atoms with Gasteiger partial charge in [0.05, 0.1) is 4.90 Å². The van der Waals surface area contributed by atoms with Crippen LogP contribution in [0.1, 0.15) is 0 Å². The summed E-state index contributed by atoms with van der Waals surface area (Å²) in [4.78, 5) is 14.1. The average Bonchev–Trinajstić information content (AvgIpc) is 3.10. The predicted octanol–water partition coefficient (Wildman–Crippen LogP) is 4.59. The lowest BCUT2D eigenvalue weighted by molar-refractivity contribution is 0.561. The lowest BCUT2D eigenvalue weighted by atomic mass is 10.1. The third-order valence-corrected chi connectivity index (χ3v) is 6.38. The summed E-state index contributed by atoms with van der Waals surface area (Å²) >= 11 is 1.55. The fraction of sp³-hybridized carbons (Fsp3) is 0.0500. The first-order chi connectivity index (χ1) is 12.4. The fourth-order valence-electron chi connectivity index (χ4n) is 2.82. The maximum Gasteiger partial charge on any atom is 0.336 e. The van der Waals surface area contributed by atoms with Crippen LogP contribution in [0.3, 0.4) is 0 Å². The maximum atomic E-state index is 11.9. The Morgan fingerprint density at radius 3 is 2.31 bits per heavy atom. The standard InChI is InChI=1S/C20H14O4S2/c1-26(22,23)14-8-6-13(7-9-14)18-10-11-19(25-18)16-12-20(21)24-17-5-3-2-4-15(16)17/h2-12H,1H3. The topological polar surface area (TPSA) is 64.3 Å². The van der Waals surface area contributed by atoms with Crippen LogP contribution in [-0.4, -0.2) is 14.7 Å². The highest BCUT2D eigenvalue weighted by molar-refractivity contribution is 7.90. The van der Waals surface area contributed by atoms with Gasteiger partial charge in [0.15, 0.2) is 9.84 Å². The van der Waals surface area contributed by atoms with Gasteiger partial charge in [0, 0.05) is 33.0 Å². The predicted molar refractivity (Wildman–Crippen MR) is 104 cm³/mol. The molecule has 26 heavy (non-hydrogen) atoms. The molecule has 0 saturated carbocycles. The summed E-state index contributed by atoms with van der Waals surface area (Å²) in [5.41, 5.74) is 1.94. The highest BCUT2D eigenvalue weighted by atomic mass is 32.2. The van der Waals surface area contributed by atoms with Crippen molar-refractivity contribution in [2.75, 3.05) is 6.26 Å². The lowest BCUT2D eigenvalue weighted by Gasteiger charge is -2.03. The van der Waals surface area contributed by atoms with Crippen molar-refractivity contribution in [2.45, 2.75) is 4.90 Å². The minimum atomic E-state index is -3.21. The van der Waals surface area contributed by atoms with Crippen molar-refractivity contribution >= 4 is 32.1 Å². The van der Waals surface area contributed by atoms with Gasteiger partial charge in [-0.1, -0.05) is 30.3 Å². The molecule has 4 aromatic rings. The van der Waals surface area contributed by atoms with E-state index in [0.29, 0.717) is 10.5 Å². The minimum absolute atomic E-state index is 0.296. The number of benzene rings is 2. The second-order valence-electron chi connectivity index (χ2n) is 5.94. The van der Waals surface area contributed by atoms with Gasteiger partial charge in [-0.3, -0.25) is 0 Å². The zero-order valence-corrected chi connectivity index (χ0v) is 15.4. The summed E-state index contributed by atoms with van der Waals surface area (Å²) in [6.07, 6.45) is 1.19. The first-order valence-corrected chi connectivity index (χ1v) is 10.6. The van der Waals surface area contributed by atoms with Gasteiger partial charge < -0.3 is 4.42 Å². The molecule has 4 nitrogen and oxygen atoms in total. The van der Waals surface area contributed by atoms with Crippen LogP contribution in [-0.2, 0) is 9.84 Å². The Morgan fingerprint density at radius 1 is 0.885 bits per heavy atom. The molecule has 0 fully saturated rings. The normalized spacial score (nSPS) is 11.7. The third kappa shape index (κ3) is 3.09. The van der Waals surface area contributed by atoms with E-state index in [0.717, 1.165) is 26.3 Å². The molecule has 0 saturated heterocycles. The third-order valence-electron chi connectivity index (χ3n) is 4.09. The van der Waals surface area contributed by atoms with E-state index in [1.54, 1.807) is 41.7 Å². The van der Waals surface area contributed by atoms with E-state index < -0.39 is 9.84 Å². The SMILES string of the molecule is CS(=O)(=O)c1ccc(-c2ccc(-c3cc(=O)oc4ccccc34)s2)cc1. The van der Waals surface area contributed by atoms with Crippen LogP contribution in [0.4, 0.5) is 0 Å². The number of thiophene rings is 1. The molecule has 0 radical (unpaired) electrons. The van der Waals surface area contributed by atoms with Gasteiger partial charge in [-0.15, -0.1) is 11.3 Å². The number of hydrogen-bond acceptors (Lipinski definition) is 5. The summed E-state index contributed by atoms with van der Waals surface area (Å²) in [6, 6.07) is 19.7. The van der Waals surface area contributed by atoms with Crippen molar-refractivity contribution in [2.24, 2.45) is 0 Å². The molecule has 4 rings (SSSR count). The van der Waals surface area contributed by atoms with Crippen molar-refractivity contribution in [3.63, 3.8) is 0 Å². The quantitative estimate of drug-likeness (QED) is 0.486. The highest BCUT2D eigenvalue weighted by Gasteiger charge is 2.12. The fourth-order valence-corrected chi connectivity index (χ4v) is 4.49. The van der Waals surface area contributed by atoms with Crippen molar-refractivity contribution in [1.29, 1.82) is 0 Å². The van der Waals surface area contributed by atoms with E-state index >= 15 is 0 Å². The summed E-state index contributed by atoms with van der Waals surface area (Å²) in [5, 5.41) is 0.882. The van der Waals surface area contributed by atoms with Crippen LogP contribution >= 0.6 is 11.3 Å². The highest BCUT2D eigenvalue weighted by Crippen LogP contribution is 2.37. The van der Waals surface area contributed by atoms with Gasteiger partial charge in [0.1, 0.15) is 5.58 Å². The van der Waals surface area contributed by atoms with Crippen molar-refractivity contribution in [3.8, 4) is 20.9 Å². The molecule has 0 N–H and O–H groups in total. The molecule has 0 atom stereocenters. The van der Waals surface area contributed by atoms with Crippen LogP contribution in [0.25, 0.3) is 31.9 Å². The number of hydrogen-bond donors (Lipinski definition) is 0. The van der Waals surface area contributed by atoms with E-state index in [4.69, 9.17) is 4.42 Å². The molecule has 0 aliphatic heterocycles. The van der Waals surface area contributed by atoms with Gasteiger partial charge in [0.25, 0.3) is 0 Å². The molecule has 2 aromatic heterocycles. The van der Waals surface area contributed by atoms with E-state index in [9.17, 15) is 13.2 Å². The Hall–Kier alpha value is -2.70. The molecule has 2 heterocycles. The summed E-state index contributed by atoms with van der Waals surface area (Å²) in [7, 11) is -3.21. The van der Waals surface area contributed by atoms with Gasteiger partial charge in [0.2, 0.25) is 0 Å². The molecule has 0 aliphatic rings. The Morgan fingerprint density at radius 2 is 1.58 bits per heavy atom. The summed E-state index contributed by atoms with van der Waals surface area (Å²) in [6.45, 7) is 0. The van der Waals surface area contributed by atoms with Crippen molar-refractivity contribution in [1.82, 2.24) is 0 Å². The second-order valence-corrected chi connectivity index (χ2v) is 9.04. The van der Waals surface area contributed by atoms with Crippen LogP contribution in [0.5, 0.6) is 0 Å². The molecule has 0 spiro atoms. The van der Waals surface area contributed by atoms with Crippen LogP contribution < -0.4 is 5.63 Å². The van der Waals surface area contributed by atoms with Crippen molar-refractivity contribution in [3.05, 3.63) is 77.2 Å². The molecule has 6 heteroatoms. The van der Waals surface area contributed by atoms with Crippen LogP contribution in [0, 0.1) is 0 Å². The first kappa shape index (κ1) is 16.8. The van der Waals surface area contributed by atoms with Crippen molar-refractivity contribution < 1.29 is 12.8 Å². The second kappa shape index (κ2) is 6.23. The van der Waals surface area contributed by atoms with E-state index in [1.165, 1.54) is 12.3 Å². The smallest absolute Gasteiger partial charge is 0.336 e. The average molecular weight is 382 g/mol. The molecule has 130 valence electrons. The summed E-state index contributed by atoms with van der Waals surface area (Å²) in [5.74, 6) is 0. The molecule has 2 aromatic carbocycles. The van der Waals surface area contributed by atoms with Crippen LogP contribution in [0.2, 0.25) is 0 Å². The zero-order chi connectivity index (χ0) is 18.3. The molecule has 0 bridgehead atoms. The molecular formula is C20H14O4S2. The van der Waals surface area contributed by atoms with Gasteiger partial charge in [-0.2, -0.15) is 0 Å². The van der Waals surface area contributed by atoms with E-state index in [-0.39, 0.29) is 5.63 Å². The number of sulfone groups is 1. The molecular weight excluding hydrogens is 368 g/mol. The van der Waals surface area contributed by atoms with E-state index in [1.807, 2.05) is 30.3 Å². The van der Waals surface area contributed by atoms with E-state index in [2.05, 4.69) is 0 Å². The van der Waals surface area contributed by atoms with Crippen LogP contribution in [0.15, 0.2) is 80.8 Å². The Balaban J connectivity index is 1.79. The van der Waals surface area contributed by atoms with Gasteiger partial charge in [-0.25, -0.2) is 13.2 Å². The Kier molecular flexibility index (Phi) is 4.01.